The summed E-state index contributed by atoms with van der Waals surface area (Å²) in [5.41, 5.74) is 1.79. The second-order valence-electron chi connectivity index (χ2n) is 9.30. The van der Waals surface area contributed by atoms with Gasteiger partial charge in [0.05, 0.1) is 27.3 Å². The number of ether oxygens (including phenoxy) is 2. The van der Waals surface area contributed by atoms with Crippen molar-refractivity contribution in [2.45, 2.75) is 38.8 Å². The van der Waals surface area contributed by atoms with Gasteiger partial charge in [0.15, 0.2) is 11.5 Å². The van der Waals surface area contributed by atoms with Crippen LogP contribution in [0, 0.1) is 6.92 Å². The fraction of sp³-hybridized carbons (Fsp3) is 0.345. The van der Waals surface area contributed by atoms with Gasteiger partial charge in [0, 0.05) is 27.7 Å². The maximum atomic E-state index is 13.6. The Morgan fingerprint density at radius 3 is 2.39 bits per heavy atom. The molecule has 0 atom stereocenters. The van der Waals surface area contributed by atoms with Crippen molar-refractivity contribution in [1.82, 2.24) is 9.21 Å². The molecule has 202 valence electrons. The second-order valence-corrected chi connectivity index (χ2v) is 12.4. The molecule has 38 heavy (non-hydrogen) atoms. The lowest BCUT2D eigenvalue weighted by molar-refractivity contribution is -0.132. The summed E-state index contributed by atoms with van der Waals surface area (Å²) >= 11 is 1.64. The van der Waals surface area contributed by atoms with E-state index < -0.39 is 10.0 Å². The number of carbonyl (C=O) groups excluding carboxylic acids is 1. The Morgan fingerprint density at radius 1 is 1.03 bits per heavy atom. The summed E-state index contributed by atoms with van der Waals surface area (Å²) in [6, 6.07) is 18.9. The fourth-order valence-corrected chi connectivity index (χ4v) is 6.49. The number of aryl methyl sites for hydroxylation is 1. The van der Waals surface area contributed by atoms with E-state index in [0.29, 0.717) is 31.0 Å². The Balaban J connectivity index is 1.51. The van der Waals surface area contributed by atoms with Gasteiger partial charge in [0.1, 0.15) is 0 Å². The lowest BCUT2D eigenvalue weighted by atomic mass is 10.1. The Hall–Kier alpha value is -3.14. The monoisotopic (exact) mass is 554 g/mol. The molecule has 0 N–H and O–H groups in total. The molecule has 1 heterocycles. The van der Waals surface area contributed by atoms with Gasteiger partial charge in [0.2, 0.25) is 15.9 Å². The van der Waals surface area contributed by atoms with E-state index in [1.54, 1.807) is 36.5 Å². The average molecular weight is 555 g/mol. The number of hydrogen-bond acceptors (Lipinski definition) is 6. The van der Waals surface area contributed by atoms with Gasteiger partial charge < -0.3 is 14.4 Å². The molecule has 0 bridgehead atoms. The summed E-state index contributed by atoms with van der Waals surface area (Å²) < 4.78 is 38.6. The second kappa shape index (κ2) is 12.6. The van der Waals surface area contributed by atoms with Crippen LogP contribution in [0.5, 0.6) is 11.5 Å². The first kappa shape index (κ1) is 27.9. The highest BCUT2D eigenvalue weighted by atomic mass is 32.2. The number of sulfonamides is 1. The Morgan fingerprint density at radius 2 is 1.76 bits per heavy atom. The molecule has 0 unspecified atom stereocenters. The molecule has 0 radical (unpaired) electrons. The maximum absolute atomic E-state index is 13.6. The summed E-state index contributed by atoms with van der Waals surface area (Å²) in [4.78, 5) is 17.6. The van der Waals surface area contributed by atoms with Gasteiger partial charge in [-0.25, -0.2) is 8.42 Å². The Kier molecular flexibility index (Phi) is 9.25. The van der Waals surface area contributed by atoms with Crippen LogP contribution in [0.1, 0.15) is 33.7 Å². The zero-order valence-corrected chi connectivity index (χ0v) is 23.6. The highest BCUT2D eigenvalue weighted by Gasteiger charge is 2.38. The van der Waals surface area contributed by atoms with E-state index in [2.05, 4.69) is 0 Å². The first-order valence-corrected chi connectivity index (χ1v) is 14.9. The van der Waals surface area contributed by atoms with Gasteiger partial charge in [-0.1, -0.05) is 36.4 Å². The number of rotatable bonds is 13. The van der Waals surface area contributed by atoms with E-state index in [0.717, 1.165) is 28.8 Å². The third kappa shape index (κ3) is 7.46. The Labute approximate surface area is 229 Å². The Bertz CT molecular complexity index is 1360. The van der Waals surface area contributed by atoms with Crippen LogP contribution in [-0.2, 0) is 27.8 Å². The number of hydrogen-bond donors (Lipinski definition) is 0. The predicted octanol–water partition coefficient (Wildman–Crippen LogP) is 5.11. The van der Waals surface area contributed by atoms with E-state index in [-0.39, 0.29) is 18.5 Å². The molecule has 0 aliphatic heterocycles. The maximum Gasteiger partial charge on any atom is 0.238 e. The van der Waals surface area contributed by atoms with Crippen LogP contribution in [0.15, 0.2) is 66.1 Å². The number of benzene rings is 2. The van der Waals surface area contributed by atoms with Crippen LogP contribution >= 0.6 is 11.3 Å². The van der Waals surface area contributed by atoms with E-state index in [1.165, 1.54) is 14.6 Å². The number of carbonyl (C=O) groups is 1. The average Bonchev–Trinajstić information content (AvgIpc) is 3.68. The SMILES string of the molecule is COc1ccc(CCN(Cc2ccc(C)s2)C(=O)CN(C2CC2)S(=O)(=O)/C=C/c2ccccc2)cc1OC. The summed E-state index contributed by atoms with van der Waals surface area (Å²) in [7, 11) is -0.575. The van der Waals surface area contributed by atoms with Gasteiger partial charge in [-0.2, -0.15) is 4.31 Å². The first-order chi connectivity index (χ1) is 18.3. The number of thiophene rings is 1. The van der Waals surface area contributed by atoms with Crippen LogP contribution in [0.25, 0.3) is 6.08 Å². The molecule has 9 heteroatoms. The molecule has 2 aromatic carbocycles. The lowest BCUT2D eigenvalue weighted by Gasteiger charge is -2.26. The molecular weight excluding hydrogens is 520 g/mol. The molecule has 4 rings (SSSR count). The molecule has 1 fully saturated rings. The molecule has 7 nitrogen and oxygen atoms in total. The van der Waals surface area contributed by atoms with Crippen LogP contribution in [0.3, 0.4) is 0 Å². The number of methoxy groups -OCH3 is 2. The number of nitrogens with zero attached hydrogens (tertiary/aromatic N) is 2. The molecule has 3 aromatic rings. The predicted molar refractivity (Wildman–Crippen MR) is 152 cm³/mol. The zero-order valence-electron chi connectivity index (χ0n) is 22.0. The molecule has 0 spiro atoms. The topological polar surface area (TPSA) is 76.2 Å². The van der Waals surface area contributed by atoms with Gasteiger partial charge >= 0.3 is 0 Å². The summed E-state index contributed by atoms with van der Waals surface area (Å²) in [5.74, 6) is 1.07. The van der Waals surface area contributed by atoms with Crippen molar-refractivity contribution >= 4 is 33.3 Å². The van der Waals surface area contributed by atoms with E-state index in [1.807, 2.05) is 67.6 Å². The van der Waals surface area contributed by atoms with Crippen molar-refractivity contribution in [2.75, 3.05) is 27.3 Å². The van der Waals surface area contributed by atoms with Crippen LogP contribution < -0.4 is 9.47 Å². The van der Waals surface area contributed by atoms with E-state index in [9.17, 15) is 13.2 Å². The minimum absolute atomic E-state index is 0.138. The normalized spacial score (nSPS) is 13.7. The standard InChI is InChI=1S/C29H34N2O5S2/c1-22-9-13-26(37-22)20-30(17-15-24-10-14-27(35-2)28(19-24)36-3)29(32)21-31(25-11-12-25)38(33,34)18-16-23-7-5-4-6-8-23/h4-10,13-14,16,18-19,25H,11-12,15,17,20-21H2,1-3H3/b18-16+. The third-order valence-corrected chi connectivity index (χ3v) is 8.96. The third-order valence-electron chi connectivity index (χ3n) is 6.42. The number of amides is 1. The lowest BCUT2D eigenvalue weighted by Crippen LogP contribution is -2.43. The minimum atomic E-state index is -3.76. The summed E-state index contributed by atoms with van der Waals surface area (Å²) in [6.45, 7) is 2.74. The molecule has 1 saturated carbocycles. The van der Waals surface area contributed by atoms with Crippen LogP contribution in [-0.4, -0.2) is 56.9 Å². The van der Waals surface area contributed by atoms with Crippen molar-refractivity contribution < 1.29 is 22.7 Å². The molecule has 0 saturated heterocycles. The van der Waals surface area contributed by atoms with Crippen molar-refractivity contribution in [3.63, 3.8) is 0 Å². The molecule has 1 aliphatic carbocycles. The smallest absolute Gasteiger partial charge is 0.238 e. The van der Waals surface area contributed by atoms with Crippen LogP contribution in [0.2, 0.25) is 0 Å². The fourth-order valence-electron chi connectivity index (χ4n) is 4.18. The quantitative estimate of drug-likeness (QED) is 0.294. The minimum Gasteiger partial charge on any atom is -0.493 e. The van der Waals surface area contributed by atoms with Gasteiger partial charge in [-0.15, -0.1) is 11.3 Å². The zero-order chi connectivity index (χ0) is 27.1. The van der Waals surface area contributed by atoms with E-state index in [4.69, 9.17) is 9.47 Å². The van der Waals surface area contributed by atoms with Gasteiger partial charge in [-0.05, 0) is 67.7 Å². The molecular formula is C29H34N2O5S2. The molecule has 1 aliphatic rings. The van der Waals surface area contributed by atoms with E-state index >= 15 is 0 Å². The molecule has 1 aromatic heterocycles. The van der Waals surface area contributed by atoms with Crippen molar-refractivity contribution in [2.24, 2.45) is 0 Å². The highest BCUT2D eigenvalue weighted by Crippen LogP contribution is 2.31. The van der Waals surface area contributed by atoms with Gasteiger partial charge in [-0.3, -0.25) is 4.79 Å². The van der Waals surface area contributed by atoms with Crippen molar-refractivity contribution in [1.29, 1.82) is 0 Å². The molecule has 1 amide bonds. The first-order valence-electron chi connectivity index (χ1n) is 12.6. The van der Waals surface area contributed by atoms with Gasteiger partial charge in [0.25, 0.3) is 0 Å². The van der Waals surface area contributed by atoms with Crippen molar-refractivity contribution in [3.8, 4) is 11.5 Å². The van der Waals surface area contributed by atoms with Crippen LogP contribution in [0.4, 0.5) is 0 Å². The summed E-state index contributed by atoms with van der Waals surface area (Å²) in [6.07, 6.45) is 3.71. The van der Waals surface area contributed by atoms with Crippen molar-refractivity contribution in [3.05, 3.63) is 87.0 Å². The summed E-state index contributed by atoms with van der Waals surface area (Å²) in [5, 5.41) is 1.21. The largest absolute Gasteiger partial charge is 0.493 e. The highest BCUT2D eigenvalue weighted by molar-refractivity contribution is 7.92.